The van der Waals surface area contributed by atoms with Crippen LogP contribution in [0, 0.1) is 0 Å². The number of amides is 2. The molecule has 1 unspecified atom stereocenters. The van der Waals surface area contributed by atoms with Crippen molar-refractivity contribution in [2.45, 2.75) is 12.3 Å². The first-order valence-electron chi connectivity index (χ1n) is 12.7. The maximum atomic E-state index is 12.4. The number of hydrogen-bond acceptors (Lipinski definition) is 5. The largest absolute Gasteiger partial charge is 0.493 e. The Balaban J connectivity index is 1.33. The molecule has 7 nitrogen and oxygen atoms in total. The van der Waals surface area contributed by atoms with E-state index in [0.29, 0.717) is 39.5 Å². The summed E-state index contributed by atoms with van der Waals surface area (Å²) in [6.45, 7) is 0.591. The van der Waals surface area contributed by atoms with E-state index in [9.17, 15) is 4.79 Å². The molecular formula is C31H28Cl2N4O3. The van der Waals surface area contributed by atoms with Gasteiger partial charge in [-0.2, -0.15) is 0 Å². The number of nitrogens with zero attached hydrogens (tertiary/aromatic N) is 1. The molecule has 9 heteroatoms. The number of rotatable bonds is 7. The van der Waals surface area contributed by atoms with Gasteiger partial charge in [-0.15, -0.1) is 0 Å². The number of carbonyl (C=O) groups is 1. The van der Waals surface area contributed by atoms with Crippen molar-refractivity contribution in [2.24, 2.45) is 4.99 Å². The van der Waals surface area contributed by atoms with E-state index in [-0.39, 0.29) is 11.9 Å². The number of fused-ring (bicyclic) bond motifs is 1. The van der Waals surface area contributed by atoms with Gasteiger partial charge in [0.15, 0.2) is 11.5 Å². The number of anilines is 3. The second-order valence-corrected chi connectivity index (χ2v) is 10.2. The molecule has 0 saturated carbocycles. The van der Waals surface area contributed by atoms with Crippen LogP contribution in [0.4, 0.5) is 21.9 Å². The summed E-state index contributed by atoms with van der Waals surface area (Å²) in [5.41, 5.74) is 5.34. The predicted molar refractivity (Wildman–Crippen MR) is 163 cm³/mol. The van der Waals surface area contributed by atoms with Crippen molar-refractivity contribution in [2.75, 3.05) is 36.7 Å². The van der Waals surface area contributed by atoms with E-state index < -0.39 is 0 Å². The Kier molecular flexibility index (Phi) is 8.43. The molecule has 0 fully saturated rings. The monoisotopic (exact) mass is 574 g/mol. The van der Waals surface area contributed by atoms with Gasteiger partial charge in [-0.3, -0.25) is 4.99 Å². The van der Waals surface area contributed by atoms with Crippen molar-refractivity contribution in [3.63, 3.8) is 0 Å². The lowest BCUT2D eigenvalue weighted by Crippen LogP contribution is -2.25. The van der Waals surface area contributed by atoms with Crippen LogP contribution in [0.5, 0.6) is 11.5 Å². The molecule has 1 aliphatic heterocycles. The number of carbonyl (C=O) groups excluding carboxylic acids is 1. The van der Waals surface area contributed by atoms with Crippen molar-refractivity contribution in [1.29, 1.82) is 0 Å². The van der Waals surface area contributed by atoms with E-state index in [1.807, 2.05) is 60.7 Å². The zero-order valence-corrected chi connectivity index (χ0v) is 23.5. The smallest absolute Gasteiger partial charge is 0.323 e. The Morgan fingerprint density at radius 3 is 2.12 bits per heavy atom. The lowest BCUT2D eigenvalue weighted by Gasteiger charge is -2.27. The van der Waals surface area contributed by atoms with Crippen LogP contribution in [-0.4, -0.2) is 32.6 Å². The number of aliphatic imine (C=N–C) groups is 1. The molecule has 0 aromatic heterocycles. The SMILES string of the molecule is COc1cc2c(cc1OC)C(Cc1ccc(NC(=O)Nc3cccc(Cl)c3)cc1)CN=C2Nc1cccc(Cl)c1. The summed E-state index contributed by atoms with van der Waals surface area (Å²) in [5, 5.41) is 10.2. The molecule has 4 aromatic carbocycles. The average molecular weight is 575 g/mol. The maximum Gasteiger partial charge on any atom is 0.323 e. The van der Waals surface area contributed by atoms with Crippen LogP contribution in [-0.2, 0) is 6.42 Å². The average Bonchev–Trinajstić information content (AvgIpc) is 2.94. The molecule has 3 N–H and O–H groups in total. The number of benzene rings is 4. The molecular weight excluding hydrogens is 547 g/mol. The highest BCUT2D eigenvalue weighted by Gasteiger charge is 2.26. The Labute approximate surface area is 243 Å². The van der Waals surface area contributed by atoms with E-state index in [0.717, 1.165) is 34.6 Å². The molecule has 5 rings (SSSR count). The van der Waals surface area contributed by atoms with Gasteiger partial charge in [-0.05, 0) is 78.2 Å². The zero-order valence-electron chi connectivity index (χ0n) is 22.0. The lowest BCUT2D eigenvalue weighted by molar-refractivity contribution is 0.262. The maximum absolute atomic E-state index is 12.4. The second kappa shape index (κ2) is 12.3. The molecule has 0 radical (unpaired) electrons. The number of methoxy groups -OCH3 is 2. The van der Waals surface area contributed by atoms with Crippen LogP contribution in [0.15, 0.2) is 89.9 Å². The molecule has 1 aliphatic rings. The normalized spacial score (nSPS) is 14.0. The summed E-state index contributed by atoms with van der Waals surface area (Å²) in [4.78, 5) is 17.3. The summed E-state index contributed by atoms with van der Waals surface area (Å²) in [6, 6.07) is 26.0. The van der Waals surface area contributed by atoms with E-state index in [2.05, 4.69) is 16.0 Å². The van der Waals surface area contributed by atoms with E-state index in [1.165, 1.54) is 0 Å². The topological polar surface area (TPSA) is 84.0 Å². The summed E-state index contributed by atoms with van der Waals surface area (Å²) in [6.07, 6.45) is 0.755. The van der Waals surface area contributed by atoms with E-state index >= 15 is 0 Å². The van der Waals surface area contributed by atoms with Gasteiger partial charge in [0.2, 0.25) is 0 Å². The van der Waals surface area contributed by atoms with Crippen LogP contribution in [0.25, 0.3) is 0 Å². The van der Waals surface area contributed by atoms with Crippen molar-refractivity contribution in [3.05, 3.63) is 112 Å². The quantitative estimate of drug-likeness (QED) is 0.210. The van der Waals surface area contributed by atoms with Crippen LogP contribution in [0.1, 0.15) is 22.6 Å². The first-order valence-corrected chi connectivity index (χ1v) is 13.4. The number of urea groups is 1. The minimum absolute atomic E-state index is 0.115. The van der Waals surface area contributed by atoms with Gasteiger partial charge < -0.3 is 25.4 Å². The lowest BCUT2D eigenvalue weighted by atomic mass is 9.86. The van der Waals surface area contributed by atoms with Gasteiger partial charge in [0.1, 0.15) is 5.84 Å². The fraction of sp³-hybridized carbons (Fsp3) is 0.161. The molecule has 0 bridgehead atoms. The number of hydrogen-bond donors (Lipinski definition) is 3. The fourth-order valence-electron chi connectivity index (χ4n) is 4.68. The molecule has 2 amide bonds. The predicted octanol–water partition coefficient (Wildman–Crippen LogP) is 7.85. The Morgan fingerprint density at radius 1 is 0.825 bits per heavy atom. The number of halogens is 2. The molecule has 1 heterocycles. The highest BCUT2D eigenvalue weighted by Crippen LogP contribution is 2.38. The van der Waals surface area contributed by atoms with Gasteiger partial charge in [0, 0.05) is 45.1 Å². The van der Waals surface area contributed by atoms with Crippen molar-refractivity contribution in [3.8, 4) is 11.5 Å². The molecule has 1 atom stereocenters. The van der Waals surface area contributed by atoms with E-state index in [4.69, 9.17) is 37.7 Å². The van der Waals surface area contributed by atoms with Crippen LogP contribution in [0.3, 0.4) is 0 Å². The van der Waals surface area contributed by atoms with Gasteiger partial charge in [-0.1, -0.05) is 47.5 Å². The number of ether oxygens (including phenoxy) is 2. The Bertz CT molecular complexity index is 1560. The molecule has 4 aromatic rings. The Hall–Kier alpha value is -4.20. The highest BCUT2D eigenvalue weighted by molar-refractivity contribution is 6.31. The molecule has 0 aliphatic carbocycles. The molecule has 40 heavy (non-hydrogen) atoms. The summed E-state index contributed by atoms with van der Waals surface area (Å²) < 4.78 is 11.2. The van der Waals surface area contributed by atoms with Crippen molar-refractivity contribution >= 4 is 52.1 Å². The highest BCUT2D eigenvalue weighted by atomic mass is 35.5. The molecule has 204 valence electrons. The third kappa shape index (κ3) is 6.50. The van der Waals surface area contributed by atoms with Gasteiger partial charge in [-0.25, -0.2) is 4.79 Å². The summed E-state index contributed by atoms with van der Waals surface area (Å²) >= 11 is 12.2. The van der Waals surface area contributed by atoms with Crippen molar-refractivity contribution in [1.82, 2.24) is 0 Å². The number of nitrogens with one attached hydrogen (secondary N) is 3. The van der Waals surface area contributed by atoms with Crippen LogP contribution in [0.2, 0.25) is 10.0 Å². The van der Waals surface area contributed by atoms with Crippen molar-refractivity contribution < 1.29 is 14.3 Å². The summed E-state index contributed by atoms with van der Waals surface area (Å²) in [5.74, 6) is 2.17. The van der Waals surface area contributed by atoms with E-state index in [1.54, 1.807) is 38.5 Å². The number of amidine groups is 1. The second-order valence-electron chi connectivity index (χ2n) is 9.31. The third-order valence-electron chi connectivity index (χ3n) is 6.58. The minimum atomic E-state index is -0.341. The molecule has 0 spiro atoms. The summed E-state index contributed by atoms with van der Waals surface area (Å²) in [7, 11) is 3.26. The molecule has 0 saturated heterocycles. The van der Waals surface area contributed by atoms with Gasteiger partial charge >= 0.3 is 6.03 Å². The van der Waals surface area contributed by atoms with Gasteiger partial charge in [0.05, 0.1) is 14.2 Å². The van der Waals surface area contributed by atoms with Crippen LogP contribution < -0.4 is 25.4 Å². The fourth-order valence-corrected chi connectivity index (χ4v) is 5.06. The Morgan fingerprint density at radius 2 is 1.45 bits per heavy atom. The zero-order chi connectivity index (χ0) is 28.1. The standard InChI is InChI=1S/C31H28Cl2N4O3/c1-39-28-16-26-20(18-34-30(27(26)17-29(28)40-2)35-24-7-3-5-21(32)14-24)13-19-9-11-23(12-10-19)36-31(38)37-25-8-4-6-22(33)15-25/h3-12,14-17,20H,13,18H2,1-2H3,(H,34,35)(H2,36,37,38). The van der Waals surface area contributed by atoms with Gasteiger partial charge in [0.25, 0.3) is 0 Å². The third-order valence-corrected chi connectivity index (χ3v) is 7.05. The first kappa shape index (κ1) is 27.4. The van der Waals surface area contributed by atoms with Crippen LogP contribution >= 0.6 is 23.2 Å². The first-order chi connectivity index (χ1) is 19.4. The minimum Gasteiger partial charge on any atom is -0.493 e.